The van der Waals surface area contributed by atoms with Crippen LogP contribution in [0.4, 0.5) is 10.1 Å². The second-order valence-corrected chi connectivity index (χ2v) is 2.79. The molecular formula is C8H4FN3O3. The van der Waals surface area contributed by atoms with Crippen LogP contribution in [0.25, 0.3) is 10.9 Å². The lowest BCUT2D eigenvalue weighted by atomic mass is 10.2. The number of halogens is 1. The SMILES string of the molecule is O=[N+]([O-])c1cc2nc(O)ncc2cc1F. The average Bonchev–Trinajstić information content (AvgIpc) is 2.17. The van der Waals surface area contributed by atoms with Gasteiger partial charge in [-0.15, -0.1) is 0 Å². The molecule has 0 aliphatic carbocycles. The van der Waals surface area contributed by atoms with Gasteiger partial charge in [0.15, 0.2) is 0 Å². The molecule has 0 fully saturated rings. The number of fused-ring (bicyclic) bond motifs is 1. The number of nitro groups is 1. The fourth-order valence-corrected chi connectivity index (χ4v) is 1.17. The summed E-state index contributed by atoms with van der Waals surface area (Å²) in [7, 11) is 0. The van der Waals surface area contributed by atoms with Gasteiger partial charge in [-0.05, 0) is 6.07 Å². The summed E-state index contributed by atoms with van der Waals surface area (Å²) in [6.45, 7) is 0. The quantitative estimate of drug-likeness (QED) is 0.566. The number of rotatable bonds is 1. The second kappa shape index (κ2) is 3.12. The van der Waals surface area contributed by atoms with Crippen molar-refractivity contribution in [1.82, 2.24) is 9.97 Å². The van der Waals surface area contributed by atoms with Gasteiger partial charge in [-0.2, -0.15) is 9.37 Å². The lowest BCUT2D eigenvalue weighted by Crippen LogP contribution is -1.94. The molecule has 7 heteroatoms. The Balaban J connectivity index is 2.77. The molecule has 2 rings (SSSR count). The van der Waals surface area contributed by atoms with Gasteiger partial charge in [0.1, 0.15) is 0 Å². The van der Waals surface area contributed by atoms with Crippen LogP contribution in [0.3, 0.4) is 0 Å². The number of hydrogen-bond donors (Lipinski definition) is 1. The number of aromatic nitrogens is 2. The van der Waals surface area contributed by atoms with Crippen molar-refractivity contribution in [2.24, 2.45) is 0 Å². The molecule has 0 aliphatic heterocycles. The highest BCUT2D eigenvalue weighted by atomic mass is 19.1. The predicted molar refractivity (Wildman–Crippen MR) is 47.8 cm³/mol. The van der Waals surface area contributed by atoms with E-state index in [0.29, 0.717) is 0 Å². The molecule has 1 aromatic heterocycles. The van der Waals surface area contributed by atoms with Gasteiger partial charge in [0.05, 0.1) is 10.4 Å². The third kappa shape index (κ3) is 1.54. The highest BCUT2D eigenvalue weighted by Crippen LogP contribution is 2.23. The first-order valence-electron chi connectivity index (χ1n) is 3.87. The van der Waals surface area contributed by atoms with Crippen molar-refractivity contribution in [2.45, 2.75) is 0 Å². The first-order chi connectivity index (χ1) is 7.08. The Morgan fingerprint density at radius 3 is 2.87 bits per heavy atom. The molecule has 1 heterocycles. The Labute approximate surface area is 82.2 Å². The maximum atomic E-state index is 13.1. The fraction of sp³-hybridized carbons (Fsp3) is 0. The average molecular weight is 209 g/mol. The van der Waals surface area contributed by atoms with Gasteiger partial charge in [0, 0.05) is 17.6 Å². The van der Waals surface area contributed by atoms with Crippen LogP contribution in [-0.2, 0) is 0 Å². The van der Waals surface area contributed by atoms with E-state index in [4.69, 9.17) is 5.11 Å². The molecule has 0 radical (unpaired) electrons. The highest BCUT2D eigenvalue weighted by Gasteiger charge is 2.15. The first kappa shape index (κ1) is 9.25. The van der Waals surface area contributed by atoms with Crippen LogP contribution in [0.15, 0.2) is 18.3 Å². The molecule has 15 heavy (non-hydrogen) atoms. The maximum Gasteiger partial charge on any atom is 0.314 e. The molecule has 0 unspecified atom stereocenters. The minimum atomic E-state index is -0.957. The second-order valence-electron chi connectivity index (χ2n) is 2.79. The Kier molecular flexibility index (Phi) is 1.93. The Morgan fingerprint density at radius 1 is 1.47 bits per heavy atom. The van der Waals surface area contributed by atoms with Gasteiger partial charge in [0.2, 0.25) is 5.82 Å². The number of nitro benzene ring substituents is 1. The molecule has 1 aromatic carbocycles. The molecule has 0 saturated carbocycles. The number of aromatic hydroxyl groups is 1. The summed E-state index contributed by atoms with van der Waals surface area (Å²) in [4.78, 5) is 16.5. The summed E-state index contributed by atoms with van der Waals surface area (Å²) < 4.78 is 13.1. The molecule has 0 aliphatic rings. The van der Waals surface area contributed by atoms with Crippen molar-refractivity contribution < 1.29 is 14.4 Å². The van der Waals surface area contributed by atoms with Gasteiger partial charge < -0.3 is 5.11 Å². The van der Waals surface area contributed by atoms with Crippen LogP contribution >= 0.6 is 0 Å². The number of benzene rings is 1. The predicted octanol–water partition coefficient (Wildman–Crippen LogP) is 1.38. The smallest absolute Gasteiger partial charge is 0.314 e. The zero-order valence-electron chi connectivity index (χ0n) is 7.22. The van der Waals surface area contributed by atoms with E-state index in [0.717, 1.165) is 12.1 Å². The van der Waals surface area contributed by atoms with Crippen molar-refractivity contribution in [3.63, 3.8) is 0 Å². The first-order valence-corrected chi connectivity index (χ1v) is 3.87. The maximum absolute atomic E-state index is 13.1. The summed E-state index contributed by atoms with van der Waals surface area (Å²) in [5, 5.41) is 19.6. The molecule has 76 valence electrons. The van der Waals surface area contributed by atoms with E-state index < -0.39 is 22.4 Å². The molecule has 6 nitrogen and oxygen atoms in total. The van der Waals surface area contributed by atoms with Crippen LogP contribution in [0.5, 0.6) is 6.01 Å². The molecule has 0 saturated heterocycles. The zero-order valence-corrected chi connectivity index (χ0v) is 7.22. The van der Waals surface area contributed by atoms with Crippen LogP contribution in [0.2, 0.25) is 0 Å². The van der Waals surface area contributed by atoms with E-state index in [-0.39, 0.29) is 10.9 Å². The minimum Gasteiger partial charge on any atom is -0.479 e. The minimum absolute atomic E-state index is 0.121. The topological polar surface area (TPSA) is 89.2 Å². The molecule has 0 spiro atoms. The summed E-state index contributed by atoms with van der Waals surface area (Å²) in [6, 6.07) is 1.39. The third-order valence-electron chi connectivity index (χ3n) is 1.83. The van der Waals surface area contributed by atoms with Gasteiger partial charge in [0.25, 0.3) is 0 Å². The van der Waals surface area contributed by atoms with E-state index in [9.17, 15) is 14.5 Å². The summed E-state index contributed by atoms with van der Waals surface area (Å²) in [5.41, 5.74) is -0.559. The van der Waals surface area contributed by atoms with Crippen LogP contribution in [0, 0.1) is 15.9 Å². The van der Waals surface area contributed by atoms with Crippen molar-refractivity contribution in [3.8, 4) is 6.01 Å². The molecule has 2 aromatic rings. The summed E-state index contributed by atoms with van der Waals surface area (Å²) >= 11 is 0. The van der Waals surface area contributed by atoms with Gasteiger partial charge in [-0.1, -0.05) is 0 Å². The molecule has 0 bridgehead atoms. The largest absolute Gasteiger partial charge is 0.479 e. The fourth-order valence-electron chi connectivity index (χ4n) is 1.17. The monoisotopic (exact) mass is 209 g/mol. The molecular weight excluding hydrogens is 205 g/mol. The van der Waals surface area contributed by atoms with Crippen molar-refractivity contribution in [2.75, 3.05) is 0 Å². The number of hydrogen-bond acceptors (Lipinski definition) is 5. The summed E-state index contributed by atoms with van der Waals surface area (Å²) in [5.74, 6) is -0.957. The van der Waals surface area contributed by atoms with Crippen molar-refractivity contribution >= 4 is 16.6 Å². The van der Waals surface area contributed by atoms with E-state index >= 15 is 0 Å². The van der Waals surface area contributed by atoms with Gasteiger partial charge >= 0.3 is 11.7 Å². The van der Waals surface area contributed by atoms with Gasteiger partial charge in [-0.3, -0.25) is 10.1 Å². The van der Waals surface area contributed by atoms with E-state index in [1.165, 1.54) is 6.20 Å². The van der Waals surface area contributed by atoms with Crippen molar-refractivity contribution in [3.05, 3.63) is 34.3 Å². The highest BCUT2D eigenvalue weighted by molar-refractivity contribution is 5.80. The van der Waals surface area contributed by atoms with E-state index in [1.807, 2.05) is 0 Å². The molecule has 0 amide bonds. The van der Waals surface area contributed by atoms with Crippen LogP contribution in [-0.4, -0.2) is 20.0 Å². The third-order valence-corrected chi connectivity index (χ3v) is 1.83. The zero-order chi connectivity index (χ0) is 11.0. The lowest BCUT2D eigenvalue weighted by molar-refractivity contribution is -0.387. The van der Waals surface area contributed by atoms with E-state index in [2.05, 4.69) is 9.97 Å². The summed E-state index contributed by atoms with van der Waals surface area (Å²) in [6.07, 6.45) is 1.18. The Hall–Kier alpha value is -2.31. The van der Waals surface area contributed by atoms with Crippen molar-refractivity contribution in [1.29, 1.82) is 0 Å². The standard InChI is InChI=1S/C8H4FN3O3/c9-5-1-4-3-10-8(13)11-6(4)2-7(5)12(14)15/h1-3H,(H,10,11,13). The normalized spacial score (nSPS) is 10.5. The molecule has 1 N–H and O–H groups in total. The Morgan fingerprint density at radius 2 is 2.20 bits per heavy atom. The molecule has 0 atom stereocenters. The number of nitrogens with zero attached hydrogens (tertiary/aromatic N) is 3. The van der Waals surface area contributed by atoms with Gasteiger partial charge in [-0.25, -0.2) is 4.98 Å². The van der Waals surface area contributed by atoms with E-state index in [1.54, 1.807) is 0 Å². The lowest BCUT2D eigenvalue weighted by Gasteiger charge is -1.98. The Bertz CT molecular complexity index is 558. The van der Waals surface area contributed by atoms with Crippen LogP contribution in [0.1, 0.15) is 0 Å². The van der Waals surface area contributed by atoms with Crippen LogP contribution < -0.4 is 0 Å².